The van der Waals surface area contributed by atoms with Gasteiger partial charge in [0, 0.05) is 11.1 Å². The zero-order valence-corrected chi connectivity index (χ0v) is 14.7. The van der Waals surface area contributed by atoms with E-state index in [-0.39, 0.29) is 17.4 Å². The van der Waals surface area contributed by atoms with Crippen molar-refractivity contribution in [3.8, 4) is 0 Å². The van der Waals surface area contributed by atoms with Crippen LogP contribution < -0.4 is 11.1 Å². The van der Waals surface area contributed by atoms with Gasteiger partial charge in [-0.3, -0.25) is 4.79 Å². The molecule has 1 aromatic heterocycles. The third-order valence-corrected chi connectivity index (χ3v) is 5.10. The molecule has 2 aromatic rings. The van der Waals surface area contributed by atoms with Crippen LogP contribution in [0.4, 0.5) is 5.69 Å². The minimum Gasteiger partial charge on any atom is -0.399 e. The molecule has 1 aromatic carbocycles. The number of fused-ring (bicyclic) bond motifs is 1. The number of nitrogens with zero attached hydrogens (tertiary/aromatic N) is 1. The molecule has 1 heterocycles. The molecule has 5 heteroatoms. The molecule has 4 nitrogen and oxygen atoms in total. The topological polar surface area (TPSA) is 68.0 Å². The van der Waals surface area contributed by atoms with Gasteiger partial charge in [-0.1, -0.05) is 26.8 Å². The Morgan fingerprint density at radius 1 is 1.39 bits per heavy atom. The molecule has 23 heavy (non-hydrogen) atoms. The summed E-state index contributed by atoms with van der Waals surface area (Å²) in [7, 11) is 0. The maximum absolute atomic E-state index is 12.8. The summed E-state index contributed by atoms with van der Waals surface area (Å²) in [6, 6.07) is 6.05. The van der Waals surface area contributed by atoms with Crippen molar-refractivity contribution in [2.75, 3.05) is 5.73 Å². The average Bonchev–Trinajstić information content (AvgIpc) is 2.96. The highest BCUT2D eigenvalue weighted by atomic mass is 32.1. The predicted octanol–water partition coefficient (Wildman–Crippen LogP) is 3.83. The molecule has 1 aliphatic rings. The van der Waals surface area contributed by atoms with E-state index in [9.17, 15) is 4.79 Å². The zero-order chi connectivity index (χ0) is 16.6. The van der Waals surface area contributed by atoms with Gasteiger partial charge in [0.2, 0.25) is 0 Å². The van der Waals surface area contributed by atoms with Gasteiger partial charge in [0.25, 0.3) is 5.91 Å². The first-order valence-electron chi connectivity index (χ1n) is 7.99. The smallest absolute Gasteiger partial charge is 0.263 e. The largest absolute Gasteiger partial charge is 0.399 e. The predicted molar refractivity (Wildman–Crippen MR) is 94.8 cm³/mol. The quantitative estimate of drug-likeness (QED) is 0.823. The first kappa shape index (κ1) is 16.0. The number of carbonyl (C=O) groups is 1. The molecule has 0 spiro atoms. The van der Waals surface area contributed by atoms with Gasteiger partial charge >= 0.3 is 0 Å². The van der Waals surface area contributed by atoms with Gasteiger partial charge in [0.05, 0.1) is 17.2 Å². The number of amides is 1. The summed E-state index contributed by atoms with van der Waals surface area (Å²) in [5, 5.41) is 3.20. The highest BCUT2D eigenvalue weighted by molar-refractivity contribution is 7.11. The number of hydrogen-bond acceptors (Lipinski definition) is 4. The molecule has 0 aliphatic heterocycles. The zero-order valence-electron chi connectivity index (χ0n) is 13.8. The number of aromatic nitrogens is 1. The van der Waals surface area contributed by atoms with Crippen molar-refractivity contribution in [1.29, 1.82) is 0 Å². The molecule has 0 fully saturated rings. The molecule has 1 unspecified atom stereocenters. The van der Waals surface area contributed by atoms with Gasteiger partial charge in [0.1, 0.15) is 4.88 Å². The third kappa shape index (κ3) is 3.24. The molecule has 1 aliphatic carbocycles. The number of aryl methyl sites for hydroxylation is 1. The van der Waals surface area contributed by atoms with E-state index in [2.05, 4.69) is 31.1 Å². The molecule has 0 bridgehead atoms. The van der Waals surface area contributed by atoms with Crippen LogP contribution >= 0.6 is 11.3 Å². The lowest BCUT2D eigenvalue weighted by Gasteiger charge is -2.27. The van der Waals surface area contributed by atoms with E-state index < -0.39 is 0 Å². The Labute approximate surface area is 141 Å². The van der Waals surface area contributed by atoms with Crippen LogP contribution in [0, 0.1) is 0 Å². The second-order valence-corrected chi connectivity index (χ2v) is 8.01. The minimum atomic E-state index is -0.133. The molecule has 3 N–H and O–H groups in total. The van der Waals surface area contributed by atoms with Crippen molar-refractivity contribution in [3.05, 3.63) is 45.4 Å². The number of benzene rings is 1. The number of anilines is 1. The molecule has 122 valence electrons. The van der Waals surface area contributed by atoms with E-state index in [1.807, 2.05) is 18.2 Å². The number of thiazole rings is 1. The van der Waals surface area contributed by atoms with Crippen LogP contribution in [-0.4, -0.2) is 10.9 Å². The summed E-state index contributed by atoms with van der Waals surface area (Å²) < 4.78 is 0. The van der Waals surface area contributed by atoms with Crippen LogP contribution in [0.15, 0.2) is 23.7 Å². The van der Waals surface area contributed by atoms with E-state index in [1.54, 1.807) is 5.51 Å². The summed E-state index contributed by atoms with van der Waals surface area (Å²) in [5.74, 6) is -0.0212. The summed E-state index contributed by atoms with van der Waals surface area (Å²) in [6.45, 7) is 6.24. The van der Waals surface area contributed by atoms with E-state index >= 15 is 0 Å². The van der Waals surface area contributed by atoms with Gasteiger partial charge < -0.3 is 11.1 Å². The number of hydrogen-bond donors (Lipinski definition) is 2. The van der Waals surface area contributed by atoms with Crippen LogP contribution in [0.2, 0.25) is 0 Å². The second-order valence-electron chi connectivity index (χ2n) is 7.16. The molecule has 0 saturated heterocycles. The Hall–Kier alpha value is -1.88. The van der Waals surface area contributed by atoms with Crippen LogP contribution in [-0.2, 0) is 11.8 Å². The summed E-state index contributed by atoms with van der Waals surface area (Å²) >= 11 is 1.41. The number of nitrogen functional groups attached to an aromatic ring is 1. The molecular formula is C18H23N3OS. The van der Waals surface area contributed by atoms with Crippen LogP contribution in [0.1, 0.15) is 66.1 Å². The lowest BCUT2D eigenvalue weighted by molar-refractivity contribution is 0.0934. The van der Waals surface area contributed by atoms with Crippen molar-refractivity contribution >= 4 is 22.9 Å². The summed E-state index contributed by atoms with van der Waals surface area (Å²) in [4.78, 5) is 17.9. The fourth-order valence-electron chi connectivity index (χ4n) is 3.15. The Kier molecular flexibility index (Phi) is 4.15. The van der Waals surface area contributed by atoms with Gasteiger partial charge in [-0.2, -0.15) is 0 Å². The van der Waals surface area contributed by atoms with Gasteiger partial charge in [-0.05, 0) is 42.5 Å². The molecular weight excluding hydrogens is 306 g/mol. The molecule has 3 rings (SSSR count). The highest BCUT2D eigenvalue weighted by Gasteiger charge is 2.28. The number of nitrogens with one attached hydrogen (secondary N) is 1. The molecule has 1 amide bonds. The maximum atomic E-state index is 12.8. The third-order valence-electron chi connectivity index (χ3n) is 4.27. The normalized spacial score (nSPS) is 17.6. The maximum Gasteiger partial charge on any atom is 0.263 e. The lowest BCUT2D eigenvalue weighted by atomic mass is 9.87. The second kappa shape index (κ2) is 5.96. The SMILES string of the molecule is CC(C)(C)c1ncsc1C(=O)NC1CCCc2cc(N)ccc21. The van der Waals surface area contributed by atoms with Gasteiger partial charge in [0.15, 0.2) is 0 Å². The first-order chi connectivity index (χ1) is 10.9. The van der Waals surface area contributed by atoms with Crippen molar-refractivity contribution in [1.82, 2.24) is 10.3 Å². The van der Waals surface area contributed by atoms with Crippen LogP contribution in [0.25, 0.3) is 0 Å². The Balaban J connectivity index is 1.84. The van der Waals surface area contributed by atoms with Crippen LogP contribution in [0.5, 0.6) is 0 Å². The summed E-state index contributed by atoms with van der Waals surface area (Å²) in [5.41, 5.74) is 11.6. The van der Waals surface area contributed by atoms with Crippen LogP contribution in [0.3, 0.4) is 0 Å². The van der Waals surface area contributed by atoms with Crippen molar-refractivity contribution in [3.63, 3.8) is 0 Å². The number of nitrogens with two attached hydrogens (primary N) is 1. The minimum absolute atomic E-state index is 0.0212. The van der Waals surface area contributed by atoms with Gasteiger partial charge in [-0.15, -0.1) is 11.3 Å². The molecule has 0 radical (unpaired) electrons. The Bertz CT molecular complexity index is 730. The van der Waals surface area contributed by atoms with Gasteiger partial charge in [-0.25, -0.2) is 4.98 Å². The molecule has 0 saturated carbocycles. The standard InChI is InChI=1S/C18H23N3OS/c1-18(2,3)16-15(23-10-20-16)17(22)21-14-6-4-5-11-9-12(19)7-8-13(11)14/h7-10,14H,4-6,19H2,1-3H3,(H,21,22). The Morgan fingerprint density at radius 2 is 2.17 bits per heavy atom. The van der Waals surface area contributed by atoms with E-state index in [0.29, 0.717) is 0 Å². The fourth-order valence-corrected chi connectivity index (χ4v) is 4.05. The van der Waals surface area contributed by atoms with E-state index in [1.165, 1.54) is 22.5 Å². The average molecular weight is 329 g/mol. The number of rotatable bonds is 2. The van der Waals surface area contributed by atoms with E-state index in [4.69, 9.17) is 5.73 Å². The number of carbonyl (C=O) groups excluding carboxylic acids is 1. The fraction of sp³-hybridized carbons (Fsp3) is 0.444. The van der Waals surface area contributed by atoms with Crippen molar-refractivity contribution < 1.29 is 4.79 Å². The Morgan fingerprint density at radius 3 is 2.91 bits per heavy atom. The first-order valence-corrected chi connectivity index (χ1v) is 8.87. The highest BCUT2D eigenvalue weighted by Crippen LogP contribution is 2.32. The monoisotopic (exact) mass is 329 g/mol. The lowest BCUT2D eigenvalue weighted by Crippen LogP contribution is -2.32. The molecule has 1 atom stereocenters. The van der Waals surface area contributed by atoms with Crippen molar-refractivity contribution in [2.45, 2.75) is 51.5 Å². The summed E-state index contributed by atoms with van der Waals surface area (Å²) in [6.07, 6.45) is 3.06. The van der Waals surface area contributed by atoms with Crippen molar-refractivity contribution in [2.24, 2.45) is 0 Å². The van der Waals surface area contributed by atoms with E-state index in [0.717, 1.165) is 35.5 Å².